The lowest BCUT2D eigenvalue weighted by molar-refractivity contribution is 0.281. The summed E-state index contributed by atoms with van der Waals surface area (Å²) in [5.74, 6) is -2.86. The van der Waals surface area contributed by atoms with Crippen molar-refractivity contribution in [1.82, 2.24) is 9.71 Å². The van der Waals surface area contributed by atoms with Crippen molar-refractivity contribution in [3.8, 4) is 16.9 Å². The van der Waals surface area contributed by atoms with Gasteiger partial charge in [-0.1, -0.05) is 6.07 Å². The van der Waals surface area contributed by atoms with E-state index >= 15 is 0 Å². The van der Waals surface area contributed by atoms with Gasteiger partial charge in [-0.25, -0.2) is 26.9 Å². The highest BCUT2D eigenvalue weighted by Gasteiger charge is 2.47. The minimum absolute atomic E-state index is 0.0975. The Morgan fingerprint density at radius 2 is 1.83 bits per heavy atom. The summed E-state index contributed by atoms with van der Waals surface area (Å²) >= 11 is 0. The molecule has 2 aliphatic carbocycles. The average molecular weight is 505 g/mol. The summed E-state index contributed by atoms with van der Waals surface area (Å²) in [6, 6.07) is 6.50. The predicted molar refractivity (Wildman–Crippen MR) is 121 cm³/mol. The molecule has 2 atom stereocenters. The number of ether oxygens (including phenoxy) is 1. The summed E-state index contributed by atoms with van der Waals surface area (Å²) in [6.45, 7) is -0.202. The number of nitrogens with zero attached hydrogens (tertiary/aromatic N) is 1. The van der Waals surface area contributed by atoms with Gasteiger partial charge in [-0.2, -0.15) is 4.39 Å². The van der Waals surface area contributed by atoms with Crippen molar-refractivity contribution < 1.29 is 30.7 Å². The first-order valence-electron chi connectivity index (χ1n) is 11.6. The number of oxazole rings is 1. The number of halogens is 3. The lowest BCUT2D eigenvalue weighted by Gasteiger charge is -2.27. The van der Waals surface area contributed by atoms with E-state index in [2.05, 4.69) is 9.71 Å². The second-order valence-corrected chi connectivity index (χ2v) is 11.7. The molecule has 2 aromatic carbocycles. The number of hydrogen-bond acceptors (Lipinski definition) is 5. The van der Waals surface area contributed by atoms with Crippen LogP contribution in [0.15, 0.2) is 41.0 Å². The van der Waals surface area contributed by atoms with Crippen LogP contribution in [0.2, 0.25) is 0 Å². The molecule has 1 spiro atoms. The Morgan fingerprint density at radius 3 is 2.63 bits per heavy atom. The molecule has 2 saturated carbocycles. The number of aromatic nitrogens is 1. The van der Waals surface area contributed by atoms with Crippen LogP contribution in [0.3, 0.4) is 0 Å². The van der Waals surface area contributed by atoms with E-state index in [0.717, 1.165) is 11.6 Å². The van der Waals surface area contributed by atoms with Gasteiger partial charge in [0.15, 0.2) is 11.6 Å². The van der Waals surface area contributed by atoms with Gasteiger partial charge in [0, 0.05) is 17.2 Å². The molecular weight excluding hydrogens is 481 g/mol. The third-order valence-electron chi connectivity index (χ3n) is 7.19. The molecule has 2 fully saturated rings. The molecule has 6 nitrogen and oxygen atoms in total. The van der Waals surface area contributed by atoms with Crippen molar-refractivity contribution in [2.45, 2.75) is 61.8 Å². The van der Waals surface area contributed by atoms with Crippen LogP contribution in [-0.2, 0) is 28.5 Å². The van der Waals surface area contributed by atoms with Crippen LogP contribution in [0.25, 0.3) is 11.1 Å². The zero-order valence-corrected chi connectivity index (χ0v) is 19.5. The highest BCUT2D eigenvalue weighted by molar-refractivity contribution is 7.90. The van der Waals surface area contributed by atoms with Crippen LogP contribution in [0.5, 0.6) is 5.75 Å². The highest BCUT2D eigenvalue weighted by Crippen LogP contribution is 2.45. The Kier molecular flexibility index (Phi) is 5.23. The summed E-state index contributed by atoms with van der Waals surface area (Å²) in [4.78, 5) is 4.58. The number of hydrogen-bond donors (Lipinski definition) is 1. The molecule has 3 aliphatic rings. The summed E-state index contributed by atoms with van der Waals surface area (Å²) in [5.41, 5.74) is 0.701. The Balaban J connectivity index is 1.42. The molecule has 10 heteroatoms. The van der Waals surface area contributed by atoms with Gasteiger partial charge in [0.2, 0.25) is 21.7 Å². The number of fused-ring (bicyclic) bond motifs is 7. The van der Waals surface area contributed by atoms with Crippen LogP contribution >= 0.6 is 0 Å². The van der Waals surface area contributed by atoms with E-state index in [0.29, 0.717) is 50.1 Å². The highest BCUT2D eigenvalue weighted by atomic mass is 32.2. The zero-order chi connectivity index (χ0) is 24.4. The summed E-state index contributed by atoms with van der Waals surface area (Å²) < 4.78 is 82.9. The number of sulfonamides is 1. The number of benzene rings is 2. The molecule has 184 valence electrons. The third-order valence-corrected chi connectivity index (χ3v) is 9.20. The third kappa shape index (κ3) is 4.02. The maximum Gasteiger partial charge on any atom is 0.214 e. The van der Waals surface area contributed by atoms with Gasteiger partial charge >= 0.3 is 0 Å². The SMILES string of the molecule is O=S(=O)(N[C@H]1CC[C@@]2(Cc3ccc(F)c(c3)-c3ccc(F)c(F)c3OCc3coc2n3)C1)C1CC1. The van der Waals surface area contributed by atoms with E-state index < -0.39 is 38.6 Å². The van der Waals surface area contributed by atoms with E-state index in [-0.39, 0.29) is 29.0 Å². The van der Waals surface area contributed by atoms with E-state index in [4.69, 9.17) is 9.15 Å². The van der Waals surface area contributed by atoms with Crippen LogP contribution in [0, 0.1) is 17.5 Å². The first-order chi connectivity index (χ1) is 16.7. The van der Waals surface area contributed by atoms with Crippen LogP contribution in [0.4, 0.5) is 13.2 Å². The Morgan fingerprint density at radius 1 is 1.03 bits per heavy atom. The minimum atomic E-state index is -3.36. The molecule has 0 saturated heterocycles. The van der Waals surface area contributed by atoms with Crippen LogP contribution < -0.4 is 9.46 Å². The van der Waals surface area contributed by atoms with E-state index in [9.17, 15) is 21.6 Å². The number of nitrogens with one attached hydrogen (secondary N) is 1. The molecule has 3 aromatic rings. The molecule has 0 unspecified atom stereocenters. The van der Waals surface area contributed by atoms with Gasteiger partial charge in [-0.05, 0) is 68.4 Å². The molecule has 1 N–H and O–H groups in total. The van der Waals surface area contributed by atoms with Crippen molar-refractivity contribution in [2.24, 2.45) is 0 Å². The maximum atomic E-state index is 14.9. The van der Waals surface area contributed by atoms with Gasteiger partial charge in [-0.15, -0.1) is 0 Å². The lowest BCUT2D eigenvalue weighted by Crippen LogP contribution is -2.37. The largest absolute Gasteiger partial charge is 0.483 e. The van der Waals surface area contributed by atoms with Crippen molar-refractivity contribution in [3.05, 3.63) is 71.2 Å². The Hall–Kier alpha value is -2.85. The topological polar surface area (TPSA) is 81.4 Å². The first kappa shape index (κ1) is 22.6. The minimum Gasteiger partial charge on any atom is -0.483 e. The fraction of sp³-hybridized carbons (Fsp3) is 0.400. The molecule has 6 rings (SSSR count). The monoisotopic (exact) mass is 504 g/mol. The molecule has 0 amide bonds. The Labute approximate surface area is 200 Å². The normalized spacial score (nSPS) is 23.9. The van der Waals surface area contributed by atoms with E-state index in [1.807, 2.05) is 0 Å². The molecular formula is C25H23F3N2O4S. The maximum absolute atomic E-state index is 14.9. The summed E-state index contributed by atoms with van der Waals surface area (Å²) in [7, 11) is -3.36. The van der Waals surface area contributed by atoms with Crippen molar-refractivity contribution in [2.75, 3.05) is 0 Å². The number of rotatable bonds is 3. The van der Waals surface area contributed by atoms with Crippen LogP contribution in [0.1, 0.15) is 49.3 Å². The van der Waals surface area contributed by atoms with Gasteiger partial charge in [0.1, 0.15) is 24.4 Å². The quantitative estimate of drug-likeness (QED) is 0.556. The van der Waals surface area contributed by atoms with Crippen molar-refractivity contribution in [3.63, 3.8) is 0 Å². The lowest BCUT2D eigenvalue weighted by atomic mass is 9.79. The smallest absolute Gasteiger partial charge is 0.214 e. The molecule has 2 heterocycles. The molecule has 4 bridgehead atoms. The zero-order valence-electron chi connectivity index (χ0n) is 18.7. The molecule has 1 aliphatic heterocycles. The molecule has 1 aromatic heterocycles. The van der Waals surface area contributed by atoms with Crippen molar-refractivity contribution >= 4 is 10.0 Å². The van der Waals surface area contributed by atoms with E-state index in [1.54, 1.807) is 12.1 Å². The summed E-state index contributed by atoms with van der Waals surface area (Å²) in [5, 5.41) is -0.314. The van der Waals surface area contributed by atoms with E-state index in [1.165, 1.54) is 18.4 Å². The van der Waals surface area contributed by atoms with Gasteiger partial charge < -0.3 is 9.15 Å². The second-order valence-electron chi connectivity index (χ2n) is 9.74. The van der Waals surface area contributed by atoms with Gasteiger partial charge in [0.05, 0.1) is 10.7 Å². The second kappa shape index (κ2) is 8.09. The fourth-order valence-electron chi connectivity index (χ4n) is 5.29. The molecule has 35 heavy (non-hydrogen) atoms. The standard InChI is InChI=1S/C25H23F3N2O4S/c26-20-5-1-14-9-19(20)18-4-6-21(27)22(28)23(18)33-12-16-13-34-24(29-16)25(10-14)8-7-15(11-25)30-35(31,32)17-2-3-17/h1,4-6,9,13,15,17,30H,2-3,7-8,10-12H2/t15-,25+/m0/s1. The molecule has 0 radical (unpaired) electrons. The van der Waals surface area contributed by atoms with Crippen LogP contribution in [-0.4, -0.2) is 24.7 Å². The van der Waals surface area contributed by atoms with Gasteiger partial charge in [0.25, 0.3) is 0 Å². The summed E-state index contributed by atoms with van der Waals surface area (Å²) in [6.07, 6.45) is 4.89. The Bertz CT molecular complexity index is 1420. The van der Waals surface area contributed by atoms with Gasteiger partial charge in [-0.3, -0.25) is 0 Å². The average Bonchev–Trinajstić information content (AvgIpc) is 3.46. The predicted octanol–water partition coefficient (Wildman–Crippen LogP) is 4.77. The first-order valence-corrected chi connectivity index (χ1v) is 13.1. The fourth-order valence-corrected chi connectivity index (χ4v) is 6.91. The van der Waals surface area contributed by atoms with Crippen molar-refractivity contribution in [1.29, 1.82) is 0 Å².